The molecule has 0 radical (unpaired) electrons. The van der Waals surface area contributed by atoms with Gasteiger partial charge in [0.25, 0.3) is 5.91 Å². The second-order valence-electron chi connectivity index (χ2n) is 7.47. The van der Waals surface area contributed by atoms with E-state index < -0.39 is 5.54 Å². The SMILES string of the molecule is C[C@]12CCN(C(=O)c3cccnc3)[C@H]1CCC(=O)N2Cc1ccccc1F. The fourth-order valence-electron chi connectivity index (χ4n) is 4.43. The summed E-state index contributed by atoms with van der Waals surface area (Å²) in [6.07, 6.45) is 4.90. The average Bonchev–Trinajstić information content (AvgIpc) is 3.03. The molecule has 0 N–H and O–H groups in total. The van der Waals surface area contributed by atoms with Gasteiger partial charge in [0.1, 0.15) is 5.82 Å². The molecule has 0 spiro atoms. The van der Waals surface area contributed by atoms with Crippen molar-refractivity contribution in [3.8, 4) is 0 Å². The van der Waals surface area contributed by atoms with E-state index in [1.54, 1.807) is 47.6 Å². The van der Waals surface area contributed by atoms with Gasteiger partial charge in [0, 0.05) is 37.5 Å². The Morgan fingerprint density at radius 2 is 2.11 bits per heavy atom. The molecular weight excluding hydrogens is 345 g/mol. The molecule has 2 aliphatic heterocycles. The molecular formula is C21H22FN3O2. The minimum Gasteiger partial charge on any atom is -0.333 e. The van der Waals surface area contributed by atoms with Crippen molar-refractivity contribution in [2.75, 3.05) is 6.54 Å². The Balaban J connectivity index is 1.62. The molecule has 2 saturated heterocycles. The number of likely N-dealkylation sites (tertiary alicyclic amines) is 2. The van der Waals surface area contributed by atoms with E-state index in [2.05, 4.69) is 4.98 Å². The number of fused-ring (bicyclic) bond motifs is 1. The Morgan fingerprint density at radius 1 is 1.30 bits per heavy atom. The fourth-order valence-corrected chi connectivity index (χ4v) is 4.43. The van der Waals surface area contributed by atoms with Gasteiger partial charge < -0.3 is 9.80 Å². The number of carbonyl (C=O) groups excluding carboxylic acids is 2. The minimum atomic E-state index is -0.491. The Morgan fingerprint density at radius 3 is 2.85 bits per heavy atom. The van der Waals surface area contributed by atoms with Gasteiger partial charge in [0.15, 0.2) is 0 Å². The summed E-state index contributed by atoms with van der Waals surface area (Å²) in [6.45, 7) is 2.83. The Hall–Kier alpha value is -2.76. The van der Waals surface area contributed by atoms with Gasteiger partial charge in [-0.1, -0.05) is 18.2 Å². The molecule has 5 nitrogen and oxygen atoms in total. The van der Waals surface area contributed by atoms with Gasteiger partial charge in [0.05, 0.1) is 17.1 Å². The van der Waals surface area contributed by atoms with Crippen molar-refractivity contribution in [2.45, 2.75) is 44.3 Å². The maximum absolute atomic E-state index is 14.2. The van der Waals surface area contributed by atoms with Crippen molar-refractivity contribution < 1.29 is 14.0 Å². The average molecular weight is 367 g/mol. The monoisotopic (exact) mass is 367 g/mol. The van der Waals surface area contributed by atoms with Crippen molar-refractivity contribution in [3.05, 3.63) is 65.7 Å². The molecule has 1 aromatic carbocycles. The molecule has 0 unspecified atom stereocenters. The number of piperidine rings is 1. The van der Waals surface area contributed by atoms with Crippen molar-refractivity contribution in [2.24, 2.45) is 0 Å². The van der Waals surface area contributed by atoms with Gasteiger partial charge in [-0.05, 0) is 38.0 Å². The topological polar surface area (TPSA) is 53.5 Å². The quantitative estimate of drug-likeness (QED) is 0.838. The maximum Gasteiger partial charge on any atom is 0.255 e. The summed E-state index contributed by atoms with van der Waals surface area (Å²) >= 11 is 0. The number of halogens is 1. The van der Waals surface area contributed by atoms with Crippen LogP contribution < -0.4 is 0 Å². The predicted octanol–water partition coefficient (Wildman–Crippen LogP) is 3.02. The molecule has 0 bridgehead atoms. The van der Waals surface area contributed by atoms with Crippen LogP contribution in [0.4, 0.5) is 4.39 Å². The van der Waals surface area contributed by atoms with E-state index >= 15 is 0 Å². The minimum absolute atomic E-state index is 0.0210. The van der Waals surface area contributed by atoms with Crippen LogP contribution in [0.15, 0.2) is 48.8 Å². The van der Waals surface area contributed by atoms with Crippen LogP contribution in [0.1, 0.15) is 42.1 Å². The highest BCUT2D eigenvalue weighted by atomic mass is 19.1. The Kier molecular flexibility index (Phi) is 4.42. The standard InChI is InChI=1S/C21H22FN3O2/c1-21-10-12-24(20(27)15-6-4-11-23-13-15)18(21)8-9-19(26)25(21)14-16-5-2-3-7-17(16)22/h2-7,11,13,18H,8-10,12,14H2,1H3/t18-,21-/m0/s1. The van der Waals surface area contributed by atoms with Crippen molar-refractivity contribution >= 4 is 11.8 Å². The molecule has 1 aromatic heterocycles. The number of hydrogen-bond donors (Lipinski definition) is 0. The van der Waals surface area contributed by atoms with E-state index in [9.17, 15) is 14.0 Å². The van der Waals surface area contributed by atoms with E-state index in [1.165, 1.54) is 6.07 Å². The van der Waals surface area contributed by atoms with Crippen LogP contribution in [0.3, 0.4) is 0 Å². The highest BCUT2D eigenvalue weighted by Gasteiger charge is 2.53. The zero-order valence-corrected chi connectivity index (χ0v) is 15.3. The van der Waals surface area contributed by atoms with Crippen molar-refractivity contribution in [1.29, 1.82) is 0 Å². The summed E-state index contributed by atoms with van der Waals surface area (Å²) in [7, 11) is 0. The molecule has 3 heterocycles. The zero-order chi connectivity index (χ0) is 19.0. The first kappa shape index (κ1) is 17.6. The third-order valence-corrected chi connectivity index (χ3v) is 5.96. The summed E-state index contributed by atoms with van der Waals surface area (Å²) in [5.41, 5.74) is 0.569. The number of amides is 2. The maximum atomic E-state index is 14.2. The van der Waals surface area contributed by atoms with Crippen LogP contribution in [0.2, 0.25) is 0 Å². The molecule has 2 aliphatic rings. The lowest BCUT2D eigenvalue weighted by molar-refractivity contribution is -0.144. The van der Waals surface area contributed by atoms with E-state index in [0.717, 1.165) is 0 Å². The predicted molar refractivity (Wildman–Crippen MR) is 98.3 cm³/mol. The Bertz CT molecular complexity index is 873. The van der Waals surface area contributed by atoms with Crippen LogP contribution >= 0.6 is 0 Å². The molecule has 27 heavy (non-hydrogen) atoms. The van der Waals surface area contributed by atoms with Gasteiger partial charge in [-0.3, -0.25) is 14.6 Å². The van der Waals surface area contributed by atoms with Gasteiger partial charge in [0.2, 0.25) is 5.91 Å². The number of pyridine rings is 1. The molecule has 2 fully saturated rings. The number of rotatable bonds is 3. The van der Waals surface area contributed by atoms with E-state index in [0.29, 0.717) is 36.9 Å². The summed E-state index contributed by atoms with van der Waals surface area (Å²) < 4.78 is 14.2. The third-order valence-electron chi connectivity index (χ3n) is 5.96. The van der Waals surface area contributed by atoms with E-state index in [4.69, 9.17) is 0 Å². The molecule has 2 amide bonds. The van der Waals surface area contributed by atoms with Gasteiger partial charge in [-0.25, -0.2) is 4.39 Å². The van der Waals surface area contributed by atoms with Crippen LogP contribution in [-0.4, -0.2) is 44.7 Å². The number of nitrogens with zero attached hydrogens (tertiary/aromatic N) is 3. The lowest BCUT2D eigenvalue weighted by Gasteiger charge is -2.47. The van der Waals surface area contributed by atoms with Gasteiger partial charge >= 0.3 is 0 Å². The molecule has 2 atom stereocenters. The molecule has 6 heteroatoms. The number of hydrogen-bond acceptors (Lipinski definition) is 3. The second kappa shape index (κ2) is 6.76. The number of aromatic nitrogens is 1. The molecule has 4 rings (SSSR count). The normalized spacial score (nSPS) is 24.8. The summed E-state index contributed by atoms with van der Waals surface area (Å²) in [5.74, 6) is -0.345. The third kappa shape index (κ3) is 2.99. The first-order valence-corrected chi connectivity index (χ1v) is 9.25. The first-order valence-electron chi connectivity index (χ1n) is 9.25. The zero-order valence-electron chi connectivity index (χ0n) is 15.3. The largest absolute Gasteiger partial charge is 0.333 e. The highest BCUT2D eigenvalue weighted by molar-refractivity contribution is 5.94. The second-order valence-corrected chi connectivity index (χ2v) is 7.47. The van der Waals surface area contributed by atoms with Crippen molar-refractivity contribution in [1.82, 2.24) is 14.8 Å². The Labute approximate surface area is 157 Å². The van der Waals surface area contributed by atoms with Crippen LogP contribution in [0.25, 0.3) is 0 Å². The lowest BCUT2D eigenvalue weighted by Crippen LogP contribution is -2.60. The lowest BCUT2D eigenvalue weighted by atomic mass is 9.82. The van der Waals surface area contributed by atoms with Crippen molar-refractivity contribution in [3.63, 3.8) is 0 Å². The highest BCUT2D eigenvalue weighted by Crippen LogP contribution is 2.42. The fraction of sp³-hybridized carbons (Fsp3) is 0.381. The van der Waals surface area contributed by atoms with Crippen LogP contribution in [0.5, 0.6) is 0 Å². The summed E-state index contributed by atoms with van der Waals surface area (Å²) in [6, 6.07) is 9.98. The van der Waals surface area contributed by atoms with Gasteiger partial charge in [-0.2, -0.15) is 0 Å². The first-order chi connectivity index (χ1) is 13.0. The summed E-state index contributed by atoms with van der Waals surface area (Å²) in [5, 5.41) is 0. The molecule has 0 aliphatic carbocycles. The summed E-state index contributed by atoms with van der Waals surface area (Å²) in [4.78, 5) is 33.3. The van der Waals surface area contributed by atoms with E-state index in [-0.39, 0.29) is 30.2 Å². The molecule has 2 aromatic rings. The van der Waals surface area contributed by atoms with Crippen LogP contribution in [-0.2, 0) is 11.3 Å². The van der Waals surface area contributed by atoms with Gasteiger partial charge in [-0.15, -0.1) is 0 Å². The number of carbonyl (C=O) groups is 2. The van der Waals surface area contributed by atoms with E-state index in [1.807, 2.05) is 11.8 Å². The molecule has 140 valence electrons. The molecule has 0 saturated carbocycles. The smallest absolute Gasteiger partial charge is 0.255 e. The van der Waals surface area contributed by atoms with Crippen LogP contribution in [0, 0.1) is 5.82 Å². The number of benzene rings is 1.